The summed E-state index contributed by atoms with van der Waals surface area (Å²) in [5.74, 6) is 6.39. The highest BCUT2D eigenvalue weighted by molar-refractivity contribution is 5.72. The van der Waals surface area contributed by atoms with Crippen LogP contribution in [0.15, 0.2) is 15.8 Å². The van der Waals surface area contributed by atoms with E-state index in [2.05, 4.69) is 18.7 Å². The van der Waals surface area contributed by atoms with Gasteiger partial charge in [-0.25, -0.2) is 9.18 Å². The molecule has 0 bridgehead atoms. The van der Waals surface area contributed by atoms with Crippen molar-refractivity contribution >= 4 is 11.2 Å². The number of nitrogens with zero attached hydrogens (tertiary/aromatic N) is 3. The van der Waals surface area contributed by atoms with E-state index in [1.54, 1.807) is 0 Å². The number of anilines is 1. The molecule has 26 heavy (non-hydrogen) atoms. The molecule has 0 unspecified atom stereocenters. The van der Waals surface area contributed by atoms with Crippen LogP contribution >= 0.6 is 0 Å². The number of hydrogen-bond acceptors (Lipinski definition) is 4. The number of fused-ring (bicyclic) bond motifs is 1. The summed E-state index contributed by atoms with van der Waals surface area (Å²) in [5.41, 5.74) is 1.10. The van der Waals surface area contributed by atoms with Crippen molar-refractivity contribution in [2.75, 3.05) is 23.8 Å². The normalized spacial score (nSPS) is 20.5. The lowest BCUT2D eigenvalue weighted by molar-refractivity contribution is 0.422. The second-order valence-electron chi connectivity index (χ2n) is 8.05. The van der Waals surface area contributed by atoms with Crippen LogP contribution in [-0.4, -0.2) is 22.2 Å². The van der Waals surface area contributed by atoms with Crippen molar-refractivity contribution in [3.63, 3.8) is 0 Å². The van der Waals surface area contributed by atoms with Gasteiger partial charge in [0, 0.05) is 24.2 Å². The number of aromatic nitrogens is 2. The maximum atomic E-state index is 15.0. The number of halogens is 1. The SMILES string of the molecule is Cc1c(N2CC[C@@H](C(C)C)C2)c(F)cn2c(=O)n(N)c(=O)c(C3CC3)c12. The van der Waals surface area contributed by atoms with Gasteiger partial charge >= 0.3 is 5.69 Å². The molecule has 7 heteroatoms. The summed E-state index contributed by atoms with van der Waals surface area (Å²) in [7, 11) is 0. The van der Waals surface area contributed by atoms with E-state index in [0.29, 0.717) is 38.8 Å². The number of rotatable bonds is 3. The minimum Gasteiger partial charge on any atom is -0.369 e. The molecule has 0 amide bonds. The first-order valence-electron chi connectivity index (χ1n) is 9.31. The average Bonchev–Trinajstić information content (AvgIpc) is 3.30. The standard InChI is InChI=1S/C19H25FN4O2/c1-10(2)13-6-7-22(8-13)16-11(3)17-15(12-4-5-12)18(25)24(21)19(26)23(17)9-14(16)20/h9-10,12-13H,4-8,21H2,1-3H3/t13-/m1/s1. The summed E-state index contributed by atoms with van der Waals surface area (Å²) in [5, 5.41) is 0. The van der Waals surface area contributed by atoms with Gasteiger partial charge in [0.05, 0.1) is 17.4 Å². The largest absolute Gasteiger partial charge is 0.369 e. The second-order valence-corrected chi connectivity index (χ2v) is 8.05. The first-order chi connectivity index (χ1) is 12.3. The summed E-state index contributed by atoms with van der Waals surface area (Å²) in [6.07, 6.45) is 4.01. The Morgan fingerprint density at radius 2 is 1.92 bits per heavy atom. The maximum Gasteiger partial charge on any atom is 0.354 e. The van der Waals surface area contributed by atoms with E-state index in [4.69, 9.17) is 5.84 Å². The first-order valence-corrected chi connectivity index (χ1v) is 9.31. The van der Waals surface area contributed by atoms with Crippen LogP contribution in [-0.2, 0) is 0 Å². The van der Waals surface area contributed by atoms with E-state index >= 15 is 0 Å². The number of nitrogen functional groups attached to an aromatic ring is 1. The summed E-state index contributed by atoms with van der Waals surface area (Å²) in [6, 6.07) is 0. The molecular weight excluding hydrogens is 335 g/mol. The Bertz CT molecular complexity index is 1000. The molecular formula is C19H25FN4O2. The van der Waals surface area contributed by atoms with E-state index in [1.165, 1.54) is 10.6 Å². The van der Waals surface area contributed by atoms with Crippen LogP contribution in [0.1, 0.15) is 50.2 Å². The molecule has 6 nitrogen and oxygen atoms in total. The maximum absolute atomic E-state index is 15.0. The molecule has 1 saturated carbocycles. The summed E-state index contributed by atoms with van der Waals surface area (Å²) in [4.78, 5) is 27.1. The van der Waals surface area contributed by atoms with E-state index < -0.39 is 17.1 Å². The predicted molar refractivity (Wildman–Crippen MR) is 99.9 cm³/mol. The van der Waals surface area contributed by atoms with Crippen molar-refractivity contribution < 1.29 is 4.39 Å². The fraction of sp³-hybridized carbons (Fsp3) is 0.579. The van der Waals surface area contributed by atoms with Crippen molar-refractivity contribution in [3.8, 4) is 0 Å². The van der Waals surface area contributed by atoms with Crippen LogP contribution in [0.4, 0.5) is 10.1 Å². The van der Waals surface area contributed by atoms with Gasteiger partial charge in [-0.05, 0) is 43.9 Å². The highest BCUT2D eigenvalue weighted by Crippen LogP contribution is 2.42. The van der Waals surface area contributed by atoms with Crippen molar-refractivity contribution in [1.82, 2.24) is 9.08 Å². The van der Waals surface area contributed by atoms with Gasteiger partial charge in [0.2, 0.25) is 0 Å². The summed E-state index contributed by atoms with van der Waals surface area (Å²) in [6.45, 7) is 7.76. The summed E-state index contributed by atoms with van der Waals surface area (Å²) >= 11 is 0. The zero-order chi connectivity index (χ0) is 18.7. The third-order valence-electron chi connectivity index (χ3n) is 6.01. The fourth-order valence-electron chi connectivity index (χ4n) is 4.29. The van der Waals surface area contributed by atoms with Crippen molar-refractivity contribution in [2.45, 2.75) is 46.0 Å². The molecule has 1 aliphatic heterocycles. The lowest BCUT2D eigenvalue weighted by Gasteiger charge is -2.24. The third-order valence-corrected chi connectivity index (χ3v) is 6.01. The second kappa shape index (κ2) is 5.86. The molecule has 1 saturated heterocycles. The molecule has 0 radical (unpaired) electrons. The molecule has 1 atom stereocenters. The quantitative estimate of drug-likeness (QED) is 0.850. The van der Waals surface area contributed by atoms with Crippen LogP contribution in [0.3, 0.4) is 0 Å². The van der Waals surface area contributed by atoms with Gasteiger partial charge in [-0.3, -0.25) is 9.20 Å². The third kappa shape index (κ3) is 2.44. The molecule has 2 N–H and O–H groups in total. The number of hydrogen-bond donors (Lipinski definition) is 1. The van der Waals surface area contributed by atoms with Gasteiger partial charge in [0.25, 0.3) is 5.56 Å². The molecule has 2 fully saturated rings. The molecule has 0 aromatic carbocycles. The summed E-state index contributed by atoms with van der Waals surface area (Å²) < 4.78 is 16.8. The molecule has 2 aromatic heterocycles. The Morgan fingerprint density at radius 1 is 1.23 bits per heavy atom. The van der Waals surface area contributed by atoms with Crippen LogP contribution < -0.4 is 22.0 Å². The average molecular weight is 360 g/mol. The molecule has 2 aliphatic rings. The minimum absolute atomic E-state index is 0.104. The number of nitrogens with two attached hydrogens (primary N) is 1. The van der Waals surface area contributed by atoms with Gasteiger partial charge < -0.3 is 10.7 Å². The highest BCUT2D eigenvalue weighted by Gasteiger charge is 2.34. The van der Waals surface area contributed by atoms with Gasteiger partial charge in [0.15, 0.2) is 5.82 Å². The van der Waals surface area contributed by atoms with Gasteiger partial charge in [-0.1, -0.05) is 13.8 Å². The van der Waals surface area contributed by atoms with Crippen molar-refractivity contribution in [3.05, 3.63) is 44.0 Å². The van der Waals surface area contributed by atoms with E-state index in [9.17, 15) is 14.0 Å². The predicted octanol–water partition coefficient (Wildman–Crippen LogP) is 1.98. The minimum atomic E-state index is -0.704. The molecule has 0 spiro atoms. The Kier molecular flexibility index (Phi) is 3.86. The van der Waals surface area contributed by atoms with Gasteiger partial charge in [-0.2, -0.15) is 4.68 Å². The topological polar surface area (TPSA) is 72.7 Å². The van der Waals surface area contributed by atoms with Crippen LogP contribution in [0.25, 0.3) is 5.52 Å². The number of aryl methyl sites for hydroxylation is 1. The smallest absolute Gasteiger partial charge is 0.354 e. The molecule has 2 aromatic rings. The zero-order valence-electron chi connectivity index (χ0n) is 15.5. The van der Waals surface area contributed by atoms with Crippen molar-refractivity contribution in [2.24, 2.45) is 11.8 Å². The Hall–Kier alpha value is -2.31. The Labute approximate surface area is 151 Å². The Morgan fingerprint density at radius 3 is 2.50 bits per heavy atom. The van der Waals surface area contributed by atoms with E-state index in [1.807, 2.05) is 6.92 Å². The lowest BCUT2D eigenvalue weighted by Crippen LogP contribution is -2.44. The van der Waals surface area contributed by atoms with Gasteiger partial charge in [0.1, 0.15) is 0 Å². The van der Waals surface area contributed by atoms with Crippen molar-refractivity contribution in [1.29, 1.82) is 0 Å². The lowest BCUT2D eigenvalue weighted by atomic mass is 9.95. The first kappa shape index (κ1) is 17.1. The van der Waals surface area contributed by atoms with E-state index in [-0.39, 0.29) is 5.92 Å². The fourth-order valence-corrected chi connectivity index (χ4v) is 4.29. The van der Waals surface area contributed by atoms with E-state index in [0.717, 1.165) is 32.4 Å². The monoisotopic (exact) mass is 360 g/mol. The van der Waals surface area contributed by atoms with Crippen LogP contribution in [0, 0.1) is 24.6 Å². The Balaban J connectivity index is 1.97. The zero-order valence-corrected chi connectivity index (χ0v) is 15.5. The molecule has 3 heterocycles. The molecule has 140 valence electrons. The van der Waals surface area contributed by atoms with Crippen LogP contribution in [0.5, 0.6) is 0 Å². The molecule has 4 rings (SSSR count). The van der Waals surface area contributed by atoms with Crippen LogP contribution in [0.2, 0.25) is 0 Å². The van der Waals surface area contributed by atoms with Gasteiger partial charge in [-0.15, -0.1) is 0 Å². The number of pyridine rings is 1. The molecule has 1 aliphatic carbocycles. The highest BCUT2D eigenvalue weighted by atomic mass is 19.1.